The van der Waals surface area contributed by atoms with Gasteiger partial charge in [0.15, 0.2) is 5.82 Å². The number of pyridine rings is 1. The summed E-state index contributed by atoms with van der Waals surface area (Å²) in [6, 6.07) is 7.82. The summed E-state index contributed by atoms with van der Waals surface area (Å²) < 4.78 is 42.8. The Hall–Kier alpha value is -2.85. The van der Waals surface area contributed by atoms with Crippen LogP contribution in [-0.2, 0) is 13.1 Å². The first-order valence-electron chi connectivity index (χ1n) is 12.1. The molecule has 1 atom stereocenters. The van der Waals surface area contributed by atoms with Crippen LogP contribution in [0.3, 0.4) is 0 Å². The van der Waals surface area contributed by atoms with Crippen LogP contribution >= 0.6 is 11.6 Å². The first-order valence-corrected chi connectivity index (χ1v) is 12.5. The molecule has 36 heavy (non-hydrogen) atoms. The van der Waals surface area contributed by atoms with Gasteiger partial charge in [0.05, 0.1) is 23.6 Å². The molecule has 0 radical (unpaired) electrons. The number of anilines is 2. The van der Waals surface area contributed by atoms with Crippen LogP contribution in [0.15, 0.2) is 30.3 Å². The molecule has 4 heterocycles. The first kappa shape index (κ1) is 24.8. The van der Waals surface area contributed by atoms with Crippen LogP contribution in [0.2, 0.25) is 5.02 Å². The molecule has 0 amide bonds. The maximum Gasteiger partial charge on any atom is 0.403 e. The summed E-state index contributed by atoms with van der Waals surface area (Å²) in [5, 5.41) is 12.5. The van der Waals surface area contributed by atoms with Gasteiger partial charge in [-0.05, 0) is 62.6 Å². The lowest BCUT2D eigenvalue weighted by atomic mass is 9.95. The molecule has 1 fully saturated rings. The van der Waals surface area contributed by atoms with E-state index < -0.39 is 12.2 Å². The number of halogens is 4. The van der Waals surface area contributed by atoms with Crippen LogP contribution in [0.4, 0.5) is 24.7 Å². The molecular weight excluding hydrogens is 491 g/mol. The van der Waals surface area contributed by atoms with Crippen LogP contribution in [0.5, 0.6) is 0 Å². The van der Waals surface area contributed by atoms with Crippen molar-refractivity contribution < 1.29 is 13.2 Å². The number of nitrogens with zero attached hydrogens (tertiary/aromatic N) is 6. The number of nitrogens with one attached hydrogen (secondary N) is 1. The van der Waals surface area contributed by atoms with Crippen LogP contribution in [0, 0.1) is 6.92 Å². The maximum absolute atomic E-state index is 13.6. The summed E-state index contributed by atoms with van der Waals surface area (Å²) in [6.07, 6.45) is -2.65. The Morgan fingerprint density at radius 2 is 1.83 bits per heavy atom. The van der Waals surface area contributed by atoms with E-state index >= 15 is 0 Å². The molecule has 2 aromatic heterocycles. The number of rotatable bonds is 4. The average Bonchev–Trinajstić information content (AvgIpc) is 3.18. The molecule has 0 spiro atoms. The van der Waals surface area contributed by atoms with E-state index in [4.69, 9.17) is 16.6 Å². The Labute approximate surface area is 213 Å². The molecule has 1 unspecified atom stereocenters. The van der Waals surface area contributed by atoms with Gasteiger partial charge in [-0.15, -0.1) is 10.2 Å². The first-order chi connectivity index (χ1) is 17.2. The number of aromatic nitrogens is 4. The average molecular weight is 520 g/mol. The maximum atomic E-state index is 13.6. The predicted octanol–water partition coefficient (Wildman–Crippen LogP) is 5.32. The van der Waals surface area contributed by atoms with Gasteiger partial charge in [0, 0.05) is 37.6 Å². The highest BCUT2D eigenvalue weighted by Crippen LogP contribution is 2.36. The molecule has 1 aromatic carbocycles. The second-order valence-electron chi connectivity index (χ2n) is 9.52. The van der Waals surface area contributed by atoms with E-state index in [1.807, 2.05) is 36.7 Å². The van der Waals surface area contributed by atoms with Crippen molar-refractivity contribution in [1.82, 2.24) is 24.6 Å². The minimum Gasteiger partial charge on any atom is -0.387 e. The number of piperidine rings is 1. The van der Waals surface area contributed by atoms with Crippen molar-refractivity contribution in [3.8, 4) is 5.69 Å². The van der Waals surface area contributed by atoms with Crippen LogP contribution in [0.1, 0.15) is 48.6 Å². The van der Waals surface area contributed by atoms with E-state index in [9.17, 15) is 13.2 Å². The van der Waals surface area contributed by atoms with Crippen molar-refractivity contribution in [2.45, 2.75) is 57.9 Å². The number of fused-ring (bicyclic) bond motifs is 3. The van der Waals surface area contributed by atoms with Crippen LogP contribution in [0.25, 0.3) is 5.69 Å². The fourth-order valence-electron chi connectivity index (χ4n) is 5.15. The lowest BCUT2D eigenvalue weighted by Gasteiger charge is -2.33. The molecule has 2 aliphatic rings. The molecule has 0 saturated carbocycles. The minimum absolute atomic E-state index is 0.0554. The third-order valence-electron chi connectivity index (χ3n) is 7.30. The minimum atomic E-state index is -4.35. The second-order valence-corrected chi connectivity index (χ2v) is 9.96. The molecule has 192 valence electrons. The molecule has 7 nitrogen and oxygen atoms in total. The highest BCUT2D eigenvalue weighted by molar-refractivity contribution is 6.30. The monoisotopic (exact) mass is 519 g/mol. The number of hydrogen-bond acceptors (Lipinski definition) is 6. The van der Waals surface area contributed by atoms with Crippen molar-refractivity contribution >= 4 is 23.1 Å². The Morgan fingerprint density at radius 3 is 2.50 bits per heavy atom. The zero-order chi connectivity index (χ0) is 25.6. The van der Waals surface area contributed by atoms with E-state index in [0.717, 1.165) is 60.2 Å². The topological polar surface area (TPSA) is 62.1 Å². The van der Waals surface area contributed by atoms with E-state index in [1.54, 1.807) is 12.1 Å². The Morgan fingerprint density at radius 1 is 1.08 bits per heavy atom. The fraction of sp³-hybridized carbons (Fsp3) is 0.480. The van der Waals surface area contributed by atoms with Gasteiger partial charge in [-0.3, -0.25) is 9.47 Å². The van der Waals surface area contributed by atoms with Crippen molar-refractivity contribution in [2.75, 3.05) is 30.4 Å². The van der Waals surface area contributed by atoms with Gasteiger partial charge in [0.25, 0.3) is 0 Å². The number of alkyl halides is 3. The smallest absolute Gasteiger partial charge is 0.387 e. The van der Waals surface area contributed by atoms with Gasteiger partial charge in [0.1, 0.15) is 17.7 Å². The molecule has 3 aromatic rings. The van der Waals surface area contributed by atoms with E-state index in [-0.39, 0.29) is 19.0 Å². The van der Waals surface area contributed by atoms with E-state index in [0.29, 0.717) is 10.8 Å². The summed E-state index contributed by atoms with van der Waals surface area (Å²) in [6.45, 7) is 4.98. The largest absolute Gasteiger partial charge is 0.403 e. The lowest BCUT2D eigenvalue weighted by molar-refractivity contribution is -0.182. The molecule has 1 saturated heterocycles. The Bertz CT molecular complexity index is 1250. The Balaban J connectivity index is 1.43. The van der Waals surface area contributed by atoms with Crippen molar-refractivity contribution in [1.29, 1.82) is 0 Å². The lowest BCUT2D eigenvalue weighted by Crippen LogP contribution is -2.42. The normalized spacial score (nSPS) is 17.9. The summed E-state index contributed by atoms with van der Waals surface area (Å²) in [4.78, 5) is 8.39. The van der Waals surface area contributed by atoms with Gasteiger partial charge in [-0.1, -0.05) is 11.6 Å². The molecule has 11 heteroatoms. The van der Waals surface area contributed by atoms with Gasteiger partial charge < -0.3 is 10.2 Å². The molecule has 0 aliphatic carbocycles. The summed E-state index contributed by atoms with van der Waals surface area (Å²) in [7, 11) is 1.88. The van der Waals surface area contributed by atoms with Crippen LogP contribution in [-0.4, -0.2) is 57.0 Å². The summed E-state index contributed by atoms with van der Waals surface area (Å²) >= 11 is 6.24. The summed E-state index contributed by atoms with van der Waals surface area (Å²) in [5.74, 6) is 2.39. The standard InChI is InChI=1S/C25H29ClF3N7/c1-15-20(30-3)5-7-22(31-15)34-10-8-17(9-11-34)24-33-32-23-14-35(16(2)25(27,28)29)13-18-12-19(26)4-6-21(18)36(23)24/h4-7,12,16-17,30H,8-11,13-14H2,1-3H3. The van der Waals surface area contributed by atoms with E-state index in [2.05, 4.69) is 20.4 Å². The van der Waals surface area contributed by atoms with Gasteiger partial charge in [0.2, 0.25) is 0 Å². The molecule has 5 rings (SSSR count). The third-order valence-corrected chi connectivity index (χ3v) is 7.54. The highest BCUT2D eigenvalue weighted by Gasteiger charge is 2.42. The number of benzene rings is 1. The quantitative estimate of drug-likeness (QED) is 0.503. The molecular formula is C25H29ClF3N7. The summed E-state index contributed by atoms with van der Waals surface area (Å²) in [5.41, 5.74) is 3.49. The SMILES string of the molecule is CNc1ccc(N2CCC(c3nnc4n3-c3ccc(Cl)cc3CN(C(C)C(F)(F)F)C4)CC2)nc1C. The van der Waals surface area contributed by atoms with Crippen molar-refractivity contribution in [3.05, 3.63) is 58.3 Å². The molecule has 2 aliphatic heterocycles. The fourth-order valence-corrected chi connectivity index (χ4v) is 5.35. The van der Waals surface area contributed by atoms with Crippen LogP contribution < -0.4 is 10.2 Å². The van der Waals surface area contributed by atoms with E-state index in [1.165, 1.54) is 11.8 Å². The highest BCUT2D eigenvalue weighted by atomic mass is 35.5. The number of hydrogen-bond donors (Lipinski definition) is 1. The third kappa shape index (κ3) is 4.64. The van der Waals surface area contributed by atoms with Crippen molar-refractivity contribution in [3.63, 3.8) is 0 Å². The zero-order valence-corrected chi connectivity index (χ0v) is 21.2. The molecule has 1 N–H and O–H groups in total. The molecule has 0 bridgehead atoms. The number of aryl methyl sites for hydroxylation is 1. The van der Waals surface area contributed by atoms with Gasteiger partial charge in [-0.25, -0.2) is 4.98 Å². The van der Waals surface area contributed by atoms with Gasteiger partial charge >= 0.3 is 6.18 Å². The van der Waals surface area contributed by atoms with Gasteiger partial charge in [-0.2, -0.15) is 13.2 Å². The van der Waals surface area contributed by atoms with Crippen molar-refractivity contribution in [2.24, 2.45) is 0 Å². The Kier molecular flexibility index (Phi) is 6.59. The second kappa shape index (κ2) is 9.55. The zero-order valence-electron chi connectivity index (χ0n) is 20.5. The predicted molar refractivity (Wildman–Crippen MR) is 134 cm³/mol.